The number of β-amino-alcohol motifs (C(OH)–C–C–N with tert-alkyl or cyclic N) is 1. The lowest BCUT2D eigenvalue weighted by atomic mass is 9.97. The molecule has 0 radical (unpaired) electrons. The van der Waals surface area contributed by atoms with E-state index in [-0.39, 0.29) is 12.1 Å². The Balaban J connectivity index is 1.30. The molecule has 2 aliphatic rings. The lowest BCUT2D eigenvalue weighted by molar-refractivity contribution is 0.0470. The number of rotatable bonds is 7. The van der Waals surface area contributed by atoms with E-state index in [4.69, 9.17) is 4.74 Å². The first kappa shape index (κ1) is 25.5. The molecule has 6 nitrogen and oxygen atoms in total. The number of ether oxygens (including phenoxy) is 1. The molecule has 3 heterocycles. The smallest absolute Gasteiger partial charge is 0.256 e. The van der Waals surface area contributed by atoms with Crippen LogP contribution >= 0.6 is 0 Å². The number of halogens is 2. The quantitative estimate of drug-likeness (QED) is 0.630. The van der Waals surface area contributed by atoms with E-state index in [1.54, 1.807) is 32.2 Å². The van der Waals surface area contributed by atoms with Crippen LogP contribution in [0.25, 0.3) is 11.3 Å². The van der Waals surface area contributed by atoms with Crippen LogP contribution in [-0.4, -0.2) is 76.9 Å². The Kier molecular flexibility index (Phi) is 8.02. The van der Waals surface area contributed by atoms with Crippen LogP contribution in [0.1, 0.15) is 49.9 Å². The van der Waals surface area contributed by atoms with Gasteiger partial charge >= 0.3 is 0 Å². The topological polar surface area (TPSA) is 65.9 Å². The van der Waals surface area contributed by atoms with Gasteiger partial charge in [0.25, 0.3) is 5.91 Å². The molecule has 8 heteroatoms. The summed E-state index contributed by atoms with van der Waals surface area (Å²) in [6, 6.07) is 8.08. The number of likely N-dealkylation sites (tertiary alicyclic amines) is 2. The van der Waals surface area contributed by atoms with Crippen LogP contribution in [0.2, 0.25) is 0 Å². The highest BCUT2D eigenvalue weighted by atomic mass is 19.1. The van der Waals surface area contributed by atoms with Crippen molar-refractivity contribution in [1.82, 2.24) is 14.8 Å². The average molecular weight is 488 g/mol. The Hall–Kier alpha value is -2.58. The van der Waals surface area contributed by atoms with E-state index in [1.807, 2.05) is 6.07 Å². The van der Waals surface area contributed by atoms with E-state index in [0.29, 0.717) is 55.5 Å². The standard InChI is InChI=1S/C27H35F2N3O3/c1-27(2,29)18-31-12-9-19(10-13-31)17-35-22-6-8-25(30-15-22)20-5-7-23(24(28)14-20)26(34)32-11-3-4-21(33)16-32/h5-8,14-15,19,21,33H,3-4,9-13,16-18H2,1-2H3. The number of nitrogens with zero attached hydrogens (tertiary/aromatic N) is 3. The maximum atomic E-state index is 14.8. The van der Waals surface area contributed by atoms with Gasteiger partial charge in [0.1, 0.15) is 17.2 Å². The van der Waals surface area contributed by atoms with Crippen molar-refractivity contribution in [3.8, 4) is 17.0 Å². The van der Waals surface area contributed by atoms with Crippen molar-refractivity contribution in [3.63, 3.8) is 0 Å². The highest BCUT2D eigenvalue weighted by Crippen LogP contribution is 2.25. The van der Waals surface area contributed by atoms with Gasteiger partial charge in [-0.05, 0) is 82.8 Å². The number of aromatic nitrogens is 1. The second kappa shape index (κ2) is 11.0. The van der Waals surface area contributed by atoms with Crippen molar-refractivity contribution < 1.29 is 23.4 Å². The first-order valence-corrected chi connectivity index (χ1v) is 12.5. The van der Waals surface area contributed by atoms with E-state index in [0.717, 1.165) is 25.9 Å². The maximum Gasteiger partial charge on any atom is 0.256 e. The Labute approximate surface area is 205 Å². The van der Waals surface area contributed by atoms with E-state index in [1.165, 1.54) is 17.0 Å². The van der Waals surface area contributed by atoms with Crippen molar-refractivity contribution in [2.75, 3.05) is 39.3 Å². The molecule has 1 amide bonds. The number of amides is 1. The molecule has 2 saturated heterocycles. The zero-order chi connectivity index (χ0) is 25.0. The lowest BCUT2D eigenvalue weighted by Crippen LogP contribution is -2.42. The highest BCUT2D eigenvalue weighted by molar-refractivity contribution is 5.95. The van der Waals surface area contributed by atoms with Crippen LogP contribution in [0, 0.1) is 11.7 Å². The zero-order valence-electron chi connectivity index (χ0n) is 20.6. The number of pyridine rings is 1. The fraction of sp³-hybridized carbons (Fsp3) is 0.556. The third-order valence-corrected chi connectivity index (χ3v) is 6.71. The minimum Gasteiger partial charge on any atom is -0.492 e. The summed E-state index contributed by atoms with van der Waals surface area (Å²) in [5.41, 5.74) is -0.00555. The monoisotopic (exact) mass is 487 g/mol. The average Bonchev–Trinajstić information content (AvgIpc) is 2.82. The number of benzene rings is 1. The molecule has 0 bridgehead atoms. The second-order valence-corrected chi connectivity index (χ2v) is 10.4. The van der Waals surface area contributed by atoms with E-state index >= 15 is 0 Å². The van der Waals surface area contributed by atoms with Gasteiger partial charge in [0.05, 0.1) is 30.2 Å². The third-order valence-electron chi connectivity index (χ3n) is 6.71. The molecule has 4 rings (SSSR count). The summed E-state index contributed by atoms with van der Waals surface area (Å²) in [5, 5.41) is 9.80. The van der Waals surface area contributed by atoms with Gasteiger partial charge in [0, 0.05) is 25.2 Å². The molecular formula is C27H35F2N3O3. The summed E-state index contributed by atoms with van der Waals surface area (Å²) in [6.45, 7) is 6.79. The van der Waals surface area contributed by atoms with Crippen molar-refractivity contribution in [1.29, 1.82) is 0 Å². The molecular weight excluding hydrogens is 452 g/mol. The lowest BCUT2D eigenvalue weighted by Gasteiger charge is -2.34. The van der Waals surface area contributed by atoms with Crippen molar-refractivity contribution in [2.24, 2.45) is 5.92 Å². The minimum absolute atomic E-state index is 0.00364. The van der Waals surface area contributed by atoms with Gasteiger partial charge in [0.2, 0.25) is 0 Å². The molecule has 2 aliphatic heterocycles. The second-order valence-electron chi connectivity index (χ2n) is 10.4. The molecule has 35 heavy (non-hydrogen) atoms. The predicted octanol–water partition coefficient (Wildman–Crippen LogP) is 4.32. The molecule has 2 aromatic rings. The molecule has 1 aromatic carbocycles. The van der Waals surface area contributed by atoms with Crippen molar-refractivity contribution >= 4 is 5.91 Å². The molecule has 0 aliphatic carbocycles. The Morgan fingerprint density at radius 1 is 1.17 bits per heavy atom. The number of carbonyl (C=O) groups excluding carboxylic acids is 1. The third kappa shape index (κ3) is 6.98. The summed E-state index contributed by atoms with van der Waals surface area (Å²) in [6.07, 6.45) is 4.39. The number of aliphatic hydroxyl groups excluding tert-OH is 1. The van der Waals surface area contributed by atoms with Crippen LogP contribution < -0.4 is 4.74 Å². The molecule has 1 aromatic heterocycles. The number of carbonyl (C=O) groups is 1. The minimum atomic E-state index is -1.17. The summed E-state index contributed by atoms with van der Waals surface area (Å²) in [5.74, 6) is 0.0757. The fourth-order valence-corrected chi connectivity index (χ4v) is 4.85. The Morgan fingerprint density at radius 3 is 2.57 bits per heavy atom. The van der Waals surface area contributed by atoms with E-state index in [2.05, 4.69) is 9.88 Å². The van der Waals surface area contributed by atoms with Crippen LogP contribution in [0.4, 0.5) is 8.78 Å². The van der Waals surface area contributed by atoms with Gasteiger partial charge in [-0.1, -0.05) is 6.07 Å². The van der Waals surface area contributed by atoms with Crippen LogP contribution in [-0.2, 0) is 0 Å². The molecule has 0 spiro atoms. The number of hydrogen-bond acceptors (Lipinski definition) is 5. The van der Waals surface area contributed by atoms with Gasteiger partial charge < -0.3 is 19.6 Å². The highest BCUT2D eigenvalue weighted by Gasteiger charge is 2.26. The first-order chi connectivity index (χ1) is 16.7. The molecule has 190 valence electrons. The Morgan fingerprint density at radius 2 is 1.94 bits per heavy atom. The summed E-state index contributed by atoms with van der Waals surface area (Å²) in [7, 11) is 0. The molecule has 2 fully saturated rings. The maximum absolute atomic E-state index is 14.8. The van der Waals surface area contributed by atoms with Gasteiger partial charge in [-0.2, -0.15) is 0 Å². The largest absolute Gasteiger partial charge is 0.492 e. The summed E-state index contributed by atoms with van der Waals surface area (Å²) in [4.78, 5) is 20.7. The van der Waals surface area contributed by atoms with Gasteiger partial charge in [-0.25, -0.2) is 8.78 Å². The van der Waals surface area contributed by atoms with E-state index < -0.39 is 23.5 Å². The molecule has 1 unspecified atom stereocenters. The summed E-state index contributed by atoms with van der Waals surface area (Å²) < 4.78 is 34.5. The number of hydrogen-bond donors (Lipinski definition) is 1. The molecule has 1 N–H and O–H groups in total. The number of piperidine rings is 2. The van der Waals surface area contributed by atoms with Gasteiger partial charge in [0.15, 0.2) is 0 Å². The van der Waals surface area contributed by atoms with Crippen LogP contribution in [0.3, 0.4) is 0 Å². The summed E-state index contributed by atoms with van der Waals surface area (Å²) >= 11 is 0. The van der Waals surface area contributed by atoms with Crippen LogP contribution in [0.5, 0.6) is 5.75 Å². The fourth-order valence-electron chi connectivity index (χ4n) is 4.85. The van der Waals surface area contributed by atoms with Crippen molar-refractivity contribution in [2.45, 2.75) is 51.3 Å². The van der Waals surface area contributed by atoms with E-state index in [9.17, 15) is 18.7 Å². The van der Waals surface area contributed by atoms with Gasteiger partial charge in [-0.3, -0.25) is 9.78 Å². The molecule has 0 saturated carbocycles. The first-order valence-electron chi connectivity index (χ1n) is 12.5. The normalized spacial score (nSPS) is 20.1. The van der Waals surface area contributed by atoms with Crippen molar-refractivity contribution in [3.05, 3.63) is 47.9 Å². The SMILES string of the molecule is CC(C)(F)CN1CCC(COc2ccc(-c3ccc(C(=O)N4CCCC(O)C4)c(F)c3)nc2)CC1. The van der Waals surface area contributed by atoms with Gasteiger partial charge in [-0.15, -0.1) is 0 Å². The predicted molar refractivity (Wildman–Crippen MR) is 131 cm³/mol. The zero-order valence-corrected chi connectivity index (χ0v) is 20.6. The van der Waals surface area contributed by atoms with Crippen LogP contribution in [0.15, 0.2) is 36.5 Å². The Bertz CT molecular complexity index is 1000. The number of aliphatic hydroxyl groups is 1. The number of alkyl halides is 1. The molecule has 1 atom stereocenters.